The van der Waals surface area contributed by atoms with Gasteiger partial charge in [0.1, 0.15) is 5.82 Å². The molecule has 3 nitrogen and oxygen atoms in total. The second-order valence-corrected chi connectivity index (χ2v) is 4.67. The Morgan fingerprint density at radius 3 is 2.73 bits per heavy atom. The van der Waals surface area contributed by atoms with Crippen molar-refractivity contribution in [1.29, 1.82) is 0 Å². The molecule has 0 aliphatic heterocycles. The molecular formula is C10H12BrFN2O. The van der Waals surface area contributed by atoms with Crippen LogP contribution in [0.25, 0.3) is 0 Å². The molecule has 15 heavy (non-hydrogen) atoms. The van der Waals surface area contributed by atoms with Gasteiger partial charge in [-0.3, -0.25) is 0 Å². The Kier molecular flexibility index (Phi) is 2.84. The minimum absolute atomic E-state index is 0.197. The first kappa shape index (κ1) is 10.7. The van der Waals surface area contributed by atoms with Crippen molar-refractivity contribution >= 4 is 27.3 Å². The minimum Gasteiger partial charge on any atom is -0.397 e. The highest BCUT2D eigenvalue weighted by Gasteiger charge is 2.27. The summed E-state index contributed by atoms with van der Waals surface area (Å²) in [6.45, 7) is 0. The van der Waals surface area contributed by atoms with Crippen LogP contribution in [0.4, 0.5) is 15.8 Å². The molecule has 1 aromatic rings. The van der Waals surface area contributed by atoms with Gasteiger partial charge in [0.15, 0.2) is 0 Å². The number of halogens is 2. The number of hydrogen-bond donors (Lipinski definition) is 3. The third-order valence-corrected chi connectivity index (χ3v) is 3.17. The normalized spacial score (nSPS) is 24.7. The molecule has 82 valence electrons. The maximum atomic E-state index is 13.2. The van der Waals surface area contributed by atoms with Crippen molar-refractivity contribution in [3.63, 3.8) is 0 Å². The van der Waals surface area contributed by atoms with Crippen molar-refractivity contribution in [2.24, 2.45) is 0 Å². The maximum Gasteiger partial charge on any atom is 0.139 e. The summed E-state index contributed by atoms with van der Waals surface area (Å²) in [6, 6.07) is 3.10. The first-order valence-corrected chi connectivity index (χ1v) is 5.54. The summed E-state index contributed by atoms with van der Waals surface area (Å²) in [6.07, 6.45) is 1.15. The molecule has 1 aliphatic rings. The molecule has 0 amide bonds. The van der Waals surface area contributed by atoms with E-state index in [2.05, 4.69) is 21.2 Å². The van der Waals surface area contributed by atoms with Gasteiger partial charge in [-0.2, -0.15) is 0 Å². The van der Waals surface area contributed by atoms with Crippen LogP contribution in [0.1, 0.15) is 12.8 Å². The number of aliphatic hydroxyl groups is 1. The van der Waals surface area contributed by atoms with Crippen LogP contribution in [0, 0.1) is 5.82 Å². The first-order valence-electron chi connectivity index (χ1n) is 4.75. The zero-order valence-corrected chi connectivity index (χ0v) is 9.59. The maximum absolute atomic E-state index is 13.2. The Bertz CT molecular complexity index is 380. The van der Waals surface area contributed by atoms with E-state index in [9.17, 15) is 4.39 Å². The van der Waals surface area contributed by atoms with Crippen LogP contribution in [0.3, 0.4) is 0 Å². The van der Waals surface area contributed by atoms with Gasteiger partial charge in [0, 0.05) is 12.1 Å². The van der Waals surface area contributed by atoms with Gasteiger partial charge in [-0.25, -0.2) is 4.39 Å². The molecule has 0 radical (unpaired) electrons. The van der Waals surface area contributed by atoms with Gasteiger partial charge >= 0.3 is 0 Å². The lowest BCUT2D eigenvalue weighted by Gasteiger charge is -2.33. The van der Waals surface area contributed by atoms with Crippen molar-refractivity contribution in [1.82, 2.24) is 0 Å². The lowest BCUT2D eigenvalue weighted by atomic mass is 9.89. The van der Waals surface area contributed by atoms with Crippen LogP contribution >= 0.6 is 15.9 Å². The summed E-state index contributed by atoms with van der Waals surface area (Å²) in [5.74, 6) is -0.341. The highest BCUT2D eigenvalue weighted by atomic mass is 79.9. The predicted octanol–water partition coefficient (Wildman–Crippen LogP) is 2.11. The smallest absolute Gasteiger partial charge is 0.139 e. The fourth-order valence-electron chi connectivity index (χ4n) is 1.61. The van der Waals surface area contributed by atoms with Crippen molar-refractivity contribution in [3.05, 3.63) is 22.4 Å². The van der Waals surface area contributed by atoms with Crippen molar-refractivity contribution in [3.8, 4) is 0 Å². The molecule has 1 aliphatic carbocycles. The van der Waals surface area contributed by atoms with E-state index >= 15 is 0 Å². The Balaban J connectivity index is 2.11. The van der Waals surface area contributed by atoms with Crippen LogP contribution in [0.15, 0.2) is 16.6 Å². The van der Waals surface area contributed by atoms with E-state index in [4.69, 9.17) is 10.8 Å². The van der Waals surface area contributed by atoms with E-state index in [0.717, 1.165) is 0 Å². The SMILES string of the molecule is Nc1cc(Br)c(F)cc1NC1CC(O)C1. The summed E-state index contributed by atoms with van der Waals surface area (Å²) in [7, 11) is 0. The van der Waals surface area contributed by atoms with Crippen LogP contribution in [0.5, 0.6) is 0 Å². The van der Waals surface area contributed by atoms with Gasteiger partial charge in [-0.05, 0) is 34.8 Å². The molecule has 0 unspecified atom stereocenters. The van der Waals surface area contributed by atoms with Crippen molar-refractivity contribution in [2.45, 2.75) is 25.0 Å². The van der Waals surface area contributed by atoms with Gasteiger partial charge in [-0.1, -0.05) is 0 Å². The fraction of sp³-hybridized carbons (Fsp3) is 0.400. The number of hydrogen-bond acceptors (Lipinski definition) is 3. The van der Waals surface area contributed by atoms with Crippen LogP contribution in [-0.4, -0.2) is 17.3 Å². The average molecular weight is 275 g/mol. The lowest BCUT2D eigenvalue weighted by molar-refractivity contribution is 0.0837. The van der Waals surface area contributed by atoms with E-state index in [1.807, 2.05) is 0 Å². The number of nitrogens with two attached hydrogens (primary N) is 1. The van der Waals surface area contributed by atoms with Crippen LogP contribution in [0.2, 0.25) is 0 Å². The zero-order valence-electron chi connectivity index (χ0n) is 8.00. The first-order chi connectivity index (χ1) is 7.06. The molecular weight excluding hydrogens is 263 g/mol. The van der Waals surface area contributed by atoms with Crippen molar-refractivity contribution < 1.29 is 9.50 Å². The fourth-order valence-corrected chi connectivity index (χ4v) is 1.97. The molecule has 0 bridgehead atoms. The molecule has 5 heteroatoms. The third kappa shape index (κ3) is 2.23. The third-order valence-electron chi connectivity index (χ3n) is 2.57. The van der Waals surface area contributed by atoms with E-state index in [1.54, 1.807) is 0 Å². The number of nitrogens with one attached hydrogen (secondary N) is 1. The summed E-state index contributed by atoms with van der Waals surface area (Å²) in [4.78, 5) is 0. The molecule has 0 atom stereocenters. The molecule has 1 saturated carbocycles. The number of anilines is 2. The topological polar surface area (TPSA) is 58.3 Å². The molecule has 1 fully saturated rings. The van der Waals surface area contributed by atoms with E-state index in [0.29, 0.717) is 28.7 Å². The highest BCUT2D eigenvalue weighted by molar-refractivity contribution is 9.10. The summed E-state index contributed by atoms with van der Waals surface area (Å²) >= 11 is 3.06. The quantitative estimate of drug-likeness (QED) is 0.724. The summed E-state index contributed by atoms with van der Waals surface area (Å²) in [5.41, 5.74) is 6.83. The number of benzene rings is 1. The van der Waals surface area contributed by atoms with Gasteiger partial charge < -0.3 is 16.2 Å². The second-order valence-electron chi connectivity index (χ2n) is 3.82. The van der Waals surface area contributed by atoms with Gasteiger partial charge in [0.25, 0.3) is 0 Å². The molecule has 0 heterocycles. The molecule has 0 spiro atoms. The Hall–Kier alpha value is -0.810. The monoisotopic (exact) mass is 274 g/mol. The van der Waals surface area contributed by atoms with E-state index in [1.165, 1.54) is 12.1 Å². The number of aliphatic hydroxyl groups excluding tert-OH is 1. The van der Waals surface area contributed by atoms with Gasteiger partial charge in [0.05, 0.1) is 22.0 Å². The average Bonchev–Trinajstić information content (AvgIpc) is 2.11. The standard InChI is InChI=1S/C10H12BrFN2O/c11-7-3-9(13)10(4-8(7)12)14-5-1-6(15)2-5/h3-6,14-15H,1-2,13H2. The molecule has 2 rings (SSSR count). The largest absolute Gasteiger partial charge is 0.397 e. The zero-order chi connectivity index (χ0) is 11.0. The summed E-state index contributed by atoms with van der Waals surface area (Å²) in [5, 5.41) is 12.2. The second kappa shape index (κ2) is 3.98. The van der Waals surface area contributed by atoms with Crippen LogP contribution < -0.4 is 11.1 Å². The van der Waals surface area contributed by atoms with Crippen molar-refractivity contribution in [2.75, 3.05) is 11.1 Å². The lowest BCUT2D eigenvalue weighted by Crippen LogP contribution is -2.39. The molecule has 4 N–H and O–H groups in total. The number of nitrogen functional groups attached to an aromatic ring is 1. The van der Waals surface area contributed by atoms with E-state index < -0.39 is 0 Å². The summed E-state index contributed by atoms with van der Waals surface area (Å²) < 4.78 is 13.6. The van der Waals surface area contributed by atoms with Gasteiger partial charge in [0.2, 0.25) is 0 Å². The van der Waals surface area contributed by atoms with Gasteiger partial charge in [-0.15, -0.1) is 0 Å². The Morgan fingerprint density at radius 2 is 2.13 bits per heavy atom. The molecule has 0 saturated heterocycles. The number of rotatable bonds is 2. The Labute approximate surface area is 95.6 Å². The minimum atomic E-state index is -0.341. The molecule has 1 aromatic carbocycles. The molecule has 0 aromatic heterocycles. The highest BCUT2D eigenvalue weighted by Crippen LogP contribution is 2.30. The predicted molar refractivity (Wildman–Crippen MR) is 61.2 cm³/mol. The van der Waals surface area contributed by atoms with Crippen LogP contribution in [-0.2, 0) is 0 Å². The van der Waals surface area contributed by atoms with E-state index in [-0.39, 0.29) is 18.0 Å². The Morgan fingerprint density at radius 1 is 1.47 bits per heavy atom.